The Morgan fingerprint density at radius 2 is 1.81 bits per heavy atom. The van der Waals surface area contributed by atoms with Crippen LogP contribution >= 0.6 is 0 Å². The fourth-order valence-electron chi connectivity index (χ4n) is 4.43. The Labute approximate surface area is 157 Å². The van der Waals surface area contributed by atoms with E-state index in [0.717, 1.165) is 12.0 Å². The van der Waals surface area contributed by atoms with E-state index in [1.165, 1.54) is 47.0 Å². The molecule has 0 bridgehead atoms. The van der Waals surface area contributed by atoms with Crippen LogP contribution in [0.25, 0.3) is 10.9 Å². The van der Waals surface area contributed by atoms with Gasteiger partial charge in [-0.25, -0.2) is 0 Å². The highest BCUT2D eigenvalue weighted by molar-refractivity contribution is 5.99. The van der Waals surface area contributed by atoms with E-state index in [0.29, 0.717) is 0 Å². The molecule has 3 nitrogen and oxygen atoms in total. The third-order valence-corrected chi connectivity index (χ3v) is 6.26. The van der Waals surface area contributed by atoms with Gasteiger partial charge in [0.2, 0.25) is 0 Å². The monoisotopic (exact) mass is 352 g/mol. The summed E-state index contributed by atoms with van der Waals surface area (Å²) in [6, 6.07) is 8.87. The van der Waals surface area contributed by atoms with Crippen LogP contribution in [-0.4, -0.2) is 21.4 Å². The Hall–Kier alpha value is -2.03. The summed E-state index contributed by atoms with van der Waals surface area (Å²) in [5.74, 6) is 0.212. The molecular weight excluding hydrogens is 320 g/mol. The highest BCUT2D eigenvalue weighted by Crippen LogP contribution is 2.44. The Bertz CT molecular complexity index is 858. The summed E-state index contributed by atoms with van der Waals surface area (Å²) in [4.78, 5) is 15.2. The van der Waals surface area contributed by atoms with Gasteiger partial charge in [-0.3, -0.25) is 4.79 Å². The molecule has 3 heteroatoms. The number of carbonyl (C=O) groups excluding carboxylic acids is 1. The topological polar surface area (TPSA) is 25.2 Å². The van der Waals surface area contributed by atoms with Crippen molar-refractivity contribution in [3.63, 3.8) is 0 Å². The molecule has 2 heterocycles. The first-order chi connectivity index (χ1) is 12.4. The molecule has 3 rings (SSSR count). The van der Waals surface area contributed by atoms with Crippen molar-refractivity contribution in [3.05, 3.63) is 46.7 Å². The van der Waals surface area contributed by atoms with Crippen LogP contribution in [0.3, 0.4) is 0 Å². The number of benzene rings is 1. The first-order valence-corrected chi connectivity index (χ1v) is 9.94. The lowest BCUT2D eigenvalue weighted by atomic mass is 9.95. The molecule has 0 spiro atoms. The molecule has 0 saturated heterocycles. The van der Waals surface area contributed by atoms with Crippen molar-refractivity contribution in [2.24, 2.45) is 7.05 Å². The van der Waals surface area contributed by atoms with Gasteiger partial charge in [-0.15, -0.1) is 0 Å². The van der Waals surface area contributed by atoms with Gasteiger partial charge in [-0.2, -0.15) is 0 Å². The van der Waals surface area contributed by atoms with Crippen molar-refractivity contribution in [2.75, 3.05) is 0 Å². The Morgan fingerprint density at radius 3 is 2.50 bits per heavy atom. The second-order valence-electron chi connectivity index (χ2n) is 7.84. The number of aryl methyl sites for hydroxylation is 1. The van der Waals surface area contributed by atoms with Crippen LogP contribution in [0.15, 0.2) is 35.4 Å². The van der Waals surface area contributed by atoms with Crippen molar-refractivity contribution in [1.29, 1.82) is 0 Å². The highest BCUT2D eigenvalue weighted by atomic mass is 16.2. The number of rotatable bonds is 6. The number of carbonyl (C=O) groups is 1. The molecule has 0 fully saturated rings. The van der Waals surface area contributed by atoms with Crippen LogP contribution in [0.2, 0.25) is 0 Å². The lowest BCUT2D eigenvalue weighted by molar-refractivity contribution is -0.129. The summed E-state index contributed by atoms with van der Waals surface area (Å²) in [6.07, 6.45) is 4.69. The number of unbranched alkanes of at least 4 members (excludes halogenated alkanes) is 2. The molecule has 0 radical (unpaired) electrons. The number of nitrogens with zero attached hydrogens (tertiary/aromatic N) is 2. The standard InChI is InChI=1S/C23H32N2O/c1-7-8-9-12-15(2)25-22(16(3)17(4)23(25)26)21-18(5)24(6)20-14-11-10-13-19(20)21/h10-11,13-15,22H,7-9,12H2,1-6H3. The maximum Gasteiger partial charge on any atom is 0.250 e. The van der Waals surface area contributed by atoms with Crippen LogP contribution in [0.4, 0.5) is 0 Å². The van der Waals surface area contributed by atoms with E-state index in [-0.39, 0.29) is 18.0 Å². The molecule has 2 unspecified atom stereocenters. The van der Waals surface area contributed by atoms with Crippen LogP contribution in [0.5, 0.6) is 0 Å². The predicted octanol–water partition coefficient (Wildman–Crippen LogP) is 5.68. The molecule has 0 saturated carbocycles. The molecule has 2 atom stereocenters. The molecule has 1 aromatic carbocycles. The smallest absolute Gasteiger partial charge is 0.250 e. The van der Waals surface area contributed by atoms with E-state index in [9.17, 15) is 4.79 Å². The van der Waals surface area contributed by atoms with E-state index in [4.69, 9.17) is 0 Å². The summed E-state index contributed by atoms with van der Waals surface area (Å²) < 4.78 is 2.26. The number of hydrogen-bond donors (Lipinski definition) is 0. The summed E-state index contributed by atoms with van der Waals surface area (Å²) >= 11 is 0. The van der Waals surface area contributed by atoms with Gasteiger partial charge in [-0.1, -0.05) is 44.4 Å². The maximum absolute atomic E-state index is 13.1. The van der Waals surface area contributed by atoms with Crippen molar-refractivity contribution >= 4 is 16.8 Å². The second-order valence-corrected chi connectivity index (χ2v) is 7.84. The van der Waals surface area contributed by atoms with Crippen LogP contribution in [-0.2, 0) is 11.8 Å². The largest absolute Gasteiger partial charge is 0.348 e. The average molecular weight is 353 g/mol. The average Bonchev–Trinajstić information content (AvgIpc) is 3.01. The molecular formula is C23H32N2O. The van der Waals surface area contributed by atoms with Gasteiger partial charge < -0.3 is 9.47 Å². The normalized spacial score (nSPS) is 19.1. The van der Waals surface area contributed by atoms with Crippen LogP contribution in [0.1, 0.15) is 70.7 Å². The second kappa shape index (κ2) is 7.30. The minimum Gasteiger partial charge on any atom is -0.348 e. The van der Waals surface area contributed by atoms with Gasteiger partial charge in [0.1, 0.15) is 0 Å². The quantitative estimate of drug-likeness (QED) is 0.614. The first-order valence-electron chi connectivity index (χ1n) is 9.94. The zero-order valence-corrected chi connectivity index (χ0v) is 17.1. The molecule has 0 N–H and O–H groups in total. The molecule has 1 aromatic heterocycles. The van der Waals surface area contributed by atoms with Crippen molar-refractivity contribution in [2.45, 2.75) is 72.4 Å². The van der Waals surface area contributed by atoms with Crippen molar-refractivity contribution in [1.82, 2.24) is 9.47 Å². The number of hydrogen-bond acceptors (Lipinski definition) is 1. The highest BCUT2D eigenvalue weighted by Gasteiger charge is 2.40. The first kappa shape index (κ1) is 18.8. The van der Waals surface area contributed by atoms with E-state index < -0.39 is 0 Å². The van der Waals surface area contributed by atoms with E-state index in [2.05, 4.69) is 68.5 Å². The summed E-state index contributed by atoms with van der Waals surface area (Å²) in [7, 11) is 2.12. The van der Waals surface area contributed by atoms with Crippen LogP contribution < -0.4 is 0 Å². The summed E-state index contributed by atoms with van der Waals surface area (Å²) in [6.45, 7) is 10.7. The van der Waals surface area contributed by atoms with E-state index in [1.54, 1.807) is 0 Å². The molecule has 1 amide bonds. The zero-order valence-electron chi connectivity index (χ0n) is 17.1. The molecule has 140 valence electrons. The maximum atomic E-state index is 13.1. The van der Waals surface area contributed by atoms with Crippen molar-refractivity contribution < 1.29 is 4.79 Å². The Kier molecular flexibility index (Phi) is 5.27. The van der Waals surface area contributed by atoms with Gasteiger partial charge in [-0.05, 0) is 45.8 Å². The van der Waals surface area contributed by atoms with Crippen molar-refractivity contribution in [3.8, 4) is 0 Å². The molecule has 0 aliphatic carbocycles. The summed E-state index contributed by atoms with van der Waals surface area (Å²) in [5, 5.41) is 1.27. The lowest BCUT2D eigenvalue weighted by Crippen LogP contribution is -2.38. The molecule has 2 aromatic rings. The molecule has 1 aliphatic heterocycles. The van der Waals surface area contributed by atoms with E-state index in [1.807, 2.05) is 6.92 Å². The van der Waals surface area contributed by atoms with Gasteiger partial charge in [0.25, 0.3) is 5.91 Å². The Morgan fingerprint density at radius 1 is 1.12 bits per heavy atom. The number of amides is 1. The minimum atomic E-state index is 0.0604. The fourth-order valence-corrected chi connectivity index (χ4v) is 4.43. The van der Waals surface area contributed by atoms with E-state index >= 15 is 0 Å². The zero-order chi connectivity index (χ0) is 19.0. The predicted molar refractivity (Wildman–Crippen MR) is 109 cm³/mol. The third-order valence-electron chi connectivity index (χ3n) is 6.26. The third kappa shape index (κ3) is 2.87. The van der Waals surface area contributed by atoms with Gasteiger partial charge in [0, 0.05) is 40.8 Å². The minimum absolute atomic E-state index is 0.0604. The molecule has 26 heavy (non-hydrogen) atoms. The Balaban J connectivity index is 2.09. The fraction of sp³-hybridized carbons (Fsp3) is 0.522. The van der Waals surface area contributed by atoms with Gasteiger partial charge in [0.15, 0.2) is 0 Å². The van der Waals surface area contributed by atoms with Gasteiger partial charge >= 0.3 is 0 Å². The van der Waals surface area contributed by atoms with Gasteiger partial charge in [0.05, 0.1) is 6.04 Å². The number of para-hydroxylation sites is 1. The number of fused-ring (bicyclic) bond motifs is 1. The number of aromatic nitrogens is 1. The molecule has 1 aliphatic rings. The van der Waals surface area contributed by atoms with Crippen LogP contribution in [0, 0.1) is 6.92 Å². The lowest BCUT2D eigenvalue weighted by Gasteiger charge is -2.33. The SMILES string of the molecule is CCCCCC(C)N1C(=O)C(C)=C(C)C1c1c(C)n(C)c2ccccc12. The summed E-state index contributed by atoms with van der Waals surface area (Å²) in [5.41, 5.74) is 5.92.